The van der Waals surface area contributed by atoms with Crippen molar-refractivity contribution < 1.29 is 9.21 Å². The highest BCUT2D eigenvalue weighted by Crippen LogP contribution is 2.31. The standard InChI is InChI=1S/C25H35N5O2/c1-2-26-25(28-17-24(31)27-16-22-11-7-15-32-22)30-14-12-23-21(19-30)10-6-13-29(23)18-20-8-4-3-5-9-20/h3-5,7-9,11,15,21,23H,2,6,10,12-14,16-19H2,1H3,(H,26,28)(H,27,31). The van der Waals surface area contributed by atoms with Crippen LogP contribution in [-0.4, -0.2) is 60.4 Å². The van der Waals surface area contributed by atoms with Gasteiger partial charge in [0.1, 0.15) is 12.3 Å². The second-order valence-corrected chi connectivity index (χ2v) is 8.69. The van der Waals surface area contributed by atoms with Gasteiger partial charge in [0, 0.05) is 32.2 Å². The van der Waals surface area contributed by atoms with Gasteiger partial charge in [0.25, 0.3) is 0 Å². The Labute approximate surface area is 190 Å². The number of carbonyl (C=O) groups excluding carboxylic acids is 1. The highest BCUT2D eigenvalue weighted by atomic mass is 16.3. The Hall–Kier alpha value is -2.80. The molecule has 1 aromatic carbocycles. The summed E-state index contributed by atoms with van der Waals surface area (Å²) in [7, 11) is 0. The molecule has 0 radical (unpaired) electrons. The van der Waals surface area contributed by atoms with Crippen LogP contribution in [0.15, 0.2) is 58.1 Å². The van der Waals surface area contributed by atoms with E-state index in [1.54, 1.807) is 6.26 Å². The van der Waals surface area contributed by atoms with E-state index in [1.165, 1.54) is 24.9 Å². The molecule has 2 fully saturated rings. The second kappa shape index (κ2) is 11.2. The maximum absolute atomic E-state index is 12.3. The maximum atomic E-state index is 12.3. The summed E-state index contributed by atoms with van der Waals surface area (Å²) in [4.78, 5) is 21.9. The fraction of sp³-hybridized carbons (Fsp3) is 0.520. The van der Waals surface area contributed by atoms with Crippen molar-refractivity contribution in [2.75, 3.05) is 32.7 Å². The minimum absolute atomic E-state index is 0.0987. The summed E-state index contributed by atoms with van der Waals surface area (Å²) in [6, 6.07) is 15.1. The van der Waals surface area contributed by atoms with Gasteiger partial charge in [0.15, 0.2) is 5.96 Å². The number of rotatable bonds is 7. The molecule has 0 saturated carbocycles. The molecule has 2 aromatic rings. The summed E-state index contributed by atoms with van der Waals surface area (Å²) < 4.78 is 5.26. The van der Waals surface area contributed by atoms with Gasteiger partial charge in [-0.15, -0.1) is 0 Å². The number of carbonyl (C=O) groups is 1. The molecule has 32 heavy (non-hydrogen) atoms. The Morgan fingerprint density at radius 2 is 2.00 bits per heavy atom. The van der Waals surface area contributed by atoms with Gasteiger partial charge in [-0.05, 0) is 56.3 Å². The van der Waals surface area contributed by atoms with Gasteiger partial charge in [-0.3, -0.25) is 9.69 Å². The number of nitrogens with one attached hydrogen (secondary N) is 2. The van der Waals surface area contributed by atoms with Crippen LogP contribution in [0.1, 0.15) is 37.5 Å². The van der Waals surface area contributed by atoms with E-state index in [4.69, 9.17) is 4.42 Å². The number of nitrogens with zero attached hydrogens (tertiary/aromatic N) is 3. The van der Waals surface area contributed by atoms with E-state index in [9.17, 15) is 4.79 Å². The Balaban J connectivity index is 1.33. The zero-order chi connectivity index (χ0) is 22.2. The normalized spacial score (nSPS) is 21.8. The van der Waals surface area contributed by atoms with Crippen molar-refractivity contribution in [1.29, 1.82) is 0 Å². The number of fused-ring (bicyclic) bond motifs is 1. The smallest absolute Gasteiger partial charge is 0.242 e. The molecule has 172 valence electrons. The van der Waals surface area contributed by atoms with E-state index >= 15 is 0 Å². The lowest BCUT2D eigenvalue weighted by molar-refractivity contribution is -0.119. The molecule has 1 aromatic heterocycles. The van der Waals surface area contributed by atoms with Crippen LogP contribution in [0.25, 0.3) is 0 Å². The largest absolute Gasteiger partial charge is 0.467 e. The molecule has 2 atom stereocenters. The first-order valence-corrected chi connectivity index (χ1v) is 11.8. The van der Waals surface area contributed by atoms with E-state index in [0.717, 1.165) is 44.3 Å². The average Bonchev–Trinajstić information content (AvgIpc) is 3.35. The average molecular weight is 438 g/mol. The van der Waals surface area contributed by atoms with Crippen LogP contribution in [0.3, 0.4) is 0 Å². The third kappa shape index (κ3) is 5.91. The second-order valence-electron chi connectivity index (χ2n) is 8.69. The lowest BCUT2D eigenvalue weighted by atomic mass is 9.83. The lowest BCUT2D eigenvalue weighted by Crippen LogP contribution is -2.56. The molecule has 2 aliphatic heterocycles. The minimum atomic E-state index is -0.0987. The molecule has 7 nitrogen and oxygen atoms in total. The summed E-state index contributed by atoms with van der Waals surface area (Å²) in [6.45, 7) is 7.55. The van der Waals surface area contributed by atoms with Crippen molar-refractivity contribution >= 4 is 11.9 Å². The highest BCUT2D eigenvalue weighted by Gasteiger charge is 2.36. The molecule has 2 N–H and O–H groups in total. The molecule has 7 heteroatoms. The highest BCUT2D eigenvalue weighted by molar-refractivity contribution is 5.85. The molecule has 2 aliphatic rings. The molecule has 2 saturated heterocycles. The quantitative estimate of drug-likeness (QED) is 0.515. The predicted octanol–water partition coefficient (Wildman–Crippen LogP) is 2.85. The summed E-state index contributed by atoms with van der Waals surface area (Å²) in [5.74, 6) is 2.13. The number of likely N-dealkylation sites (tertiary alicyclic amines) is 2. The van der Waals surface area contributed by atoms with Crippen LogP contribution in [0.2, 0.25) is 0 Å². The summed E-state index contributed by atoms with van der Waals surface area (Å²) >= 11 is 0. The Kier molecular flexibility index (Phi) is 7.82. The summed E-state index contributed by atoms with van der Waals surface area (Å²) in [5.41, 5.74) is 1.39. The van der Waals surface area contributed by atoms with Crippen molar-refractivity contribution in [3.8, 4) is 0 Å². The van der Waals surface area contributed by atoms with E-state index in [0.29, 0.717) is 18.5 Å². The zero-order valence-electron chi connectivity index (χ0n) is 19.0. The molecule has 4 rings (SSSR count). The van der Waals surface area contributed by atoms with E-state index in [1.807, 2.05) is 12.1 Å². The number of benzene rings is 1. The van der Waals surface area contributed by atoms with Crippen LogP contribution >= 0.6 is 0 Å². The van der Waals surface area contributed by atoms with Crippen molar-refractivity contribution in [2.45, 2.75) is 45.3 Å². The van der Waals surface area contributed by atoms with Crippen LogP contribution < -0.4 is 10.6 Å². The van der Waals surface area contributed by atoms with Gasteiger partial charge in [0.2, 0.25) is 5.91 Å². The van der Waals surface area contributed by atoms with Crippen LogP contribution in [0, 0.1) is 5.92 Å². The molecule has 0 spiro atoms. The first kappa shape index (κ1) is 22.4. The number of guanidine groups is 1. The molecular weight excluding hydrogens is 402 g/mol. The minimum Gasteiger partial charge on any atom is -0.467 e. The fourth-order valence-corrected chi connectivity index (χ4v) is 4.94. The Bertz CT molecular complexity index is 868. The molecule has 0 aliphatic carbocycles. The topological polar surface area (TPSA) is 73.1 Å². The molecule has 3 heterocycles. The van der Waals surface area contributed by atoms with Crippen molar-refractivity contribution in [3.05, 3.63) is 60.1 Å². The van der Waals surface area contributed by atoms with Crippen molar-refractivity contribution in [2.24, 2.45) is 10.9 Å². The van der Waals surface area contributed by atoms with Gasteiger partial charge >= 0.3 is 0 Å². The third-order valence-corrected chi connectivity index (χ3v) is 6.46. The van der Waals surface area contributed by atoms with Crippen LogP contribution in [0.4, 0.5) is 0 Å². The molecular formula is C25H35N5O2. The number of furan rings is 1. The van der Waals surface area contributed by atoms with E-state index < -0.39 is 0 Å². The number of piperidine rings is 2. The van der Waals surface area contributed by atoms with Crippen molar-refractivity contribution in [1.82, 2.24) is 20.4 Å². The summed E-state index contributed by atoms with van der Waals surface area (Å²) in [6.07, 6.45) is 5.24. The zero-order valence-corrected chi connectivity index (χ0v) is 19.0. The molecule has 1 amide bonds. The third-order valence-electron chi connectivity index (χ3n) is 6.46. The number of hydrogen-bond donors (Lipinski definition) is 2. The number of aliphatic imine (C=N–C) groups is 1. The summed E-state index contributed by atoms with van der Waals surface area (Å²) in [5, 5.41) is 6.25. The van der Waals surface area contributed by atoms with Gasteiger partial charge in [0.05, 0.1) is 12.8 Å². The maximum Gasteiger partial charge on any atom is 0.242 e. The number of amides is 1. The van der Waals surface area contributed by atoms with E-state index in [-0.39, 0.29) is 12.5 Å². The Morgan fingerprint density at radius 3 is 2.78 bits per heavy atom. The fourth-order valence-electron chi connectivity index (χ4n) is 4.94. The van der Waals surface area contributed by atoms with Gasteiger partial charge in [-0.2, -0.15) is 0 Å². The number of hydrogen-bond acceptors (Lipinski definition) is 4. The predicted molar refractivity (Wildman–Crippen MR) is 126 cm³/mol. The van der Waals surface area contributed by atoms with Gasteiger partial charge < -0.3 is 20.0 Å². The van der Waals surface area contributed by atoms with Gasteiger partial charge in [-0.25, -0.2) is 4.99 Å². The van der Waals surface area contributed by atoms with Gasteiger partial charge in [-0.1, -0.05) is 30.3 Å². The van der Waals surface area contributed by atoms with Crippen LogP contribution in [0.5, 0.6) is 0 Å². The SMILES string of the molecule is CCNC(=NCC(=O)NCc1ccco1)N1CCC2C(CCCN2Cc2ccccc2)C1. The first-order valence-electron chi connectivity index (χ1n) is 11.8. The monoisotopic (exact) mass is 437 g/mol. The Morgan fingerprint density at radius 1 is 1.12 bits per heavy atom. The van der Waals surface area contributed by atoms with Crippen molar-refractivity contribution in [3.63, 3.8) is 0 Å². The lowest BCUT2D eigenvalue weighted by Gasteiger charge is -2.48. The molecule has 0 bridgehead atoms. The molecule has 2 unspecified atom stereocenters. The first-order chi connectivity index (χ1) is 15.7. The van der Waals surface area contributed by atoms with Crippen LogP contribution in [-0.2, 0) is 17.9 Å². The van der Waals surface area contributed by atoms with E-state index in [2.05, 4.69) is 62.7 Å².